The molecule has 9 heavy (non-hydrogen) atoms. The van der Waals surface area contributed by atoms with Gasteiger partial charge in [-0.3, -0.25) is 0 Å². The first-order valence-corrected chi connectivity index (χ1v) is 3.40. The predicted octanol–water partition coefficient (Wildman–Crippen LogP) is 0.976. The summed E-state index contributed by atoms with van der Waals surface area (Å²) in [6.45, 7) is 3.27. The van der Waals surface area contributed by atoms with Crippen LogP contribution in [0.1, 0.15) is 0 Å². The number of hydrogen-bond donors (Lipinski definition) is 1. The number of nitrogens with zero attached hydrogens (tertiary/aromatic N) is 1. The fourth-order valence-electron chi connectivity index (χ4n) is 0.278. The zero-order chi connectivity index (χ0) is 7.28. The molecule has 0 aromatic heterocycles. The van der Waals surface area contributed by atoms with E-state index in [4.69, 9.17) is 5.11 Å². The van der Waals surface area contributed by atoms with Crippen LogP contribution in [0.4, 0.5) is 0 Å². The van der Waals surface area contributed by atoms with Gasteiger partial charge in [0.1, 0.15) is 0 Å². The Balaban J connectivity index is 4.14. The number of hydrogen-bond acceptors (Lipinski definition) is 3. The monoisotopic (exact) mass is 145 g/mol. The zero-order valence-electron chi connectivity index (χ0n) is 5.00. The maximum Gasteiger partial charge on any atom is 0.361 e. The van der Waals surface area contributed by atoms with Crippen LogP contribution >= 0.6 is 11.8 Å². The highest BCUT2D eigenvalue weighted by Crippen LogP contribution is 1.97. The lowest BCUT2D eigenvalue weighted by atomic mass is 10.7. The molecule has 0 atom stereocenters. The summed E-state index contributed by atoms with van der Waals surface area (Å²) >= 11 is 1.08. The molecule has 0 aliphatic carbocycles. The number of carbonyl (C=O) groups is 1. The fourth-order valence-corrected chi connectivity index (χ4v) is 0.633. The molecule has 3 nitrogen and oxygen atoms in total. The normalized spacial score (nSPS) is 11.0. The largest absolute Gasteiger partial charge is 0.476 e. The Morgan fingerprint density at radius 3 is 2.56 bits per heavy atom. The number of rotatable bonds is 1. The second kappa shape index (κ2) is 4.14. The molecule has 0 saturated heterocycles. The maximum absolute atomic E-state index is 10.1. The second-order valence-electron chi connectivity index (χ2n) is 1.13. The minimum Gasteiger partial charge on any atom is -0.476 e. The summed E-state index contributed by atoms with van der Waals surface area (Å²) < 4.78 is 0. The molecule has 0 bridgehead atoms. The van der Waals surface area contributed by atoms with E-state index in [1.807, 2.05) is 0 Å². The van der Waals surface area contributed by atoms with E-state index < -0.39 is 5.97 Å². The van der Waals surface area contributed by atoms with Gasteiger partial charge in [-0.2, -0.15) is 0 Å². The molecule has 50 valence electrons. The van der Waals surface area contributed by atoms with Gasteiger partial charge in [-0.15, -0.1) is 11.8 Å². The van der Waals surface area contributed by atoms with E-state index in [0.29, 0.717) is 0 Å². The summed E-state index contributed by atoms with van der Waals surface area (Å²) in [5.41, 5.74) is 0. The molecule has 0 unspecified atom stereocenters. The second-order valence-corrected chi connectivity index (χ2v) is 1.92. The van der Waals surface area contributed by atoms with Gasteiger partial charge in [-0.25, -0.2) is 9.79 Å². The molecule has 4 heteroatoms. The third kappa shape index (κ3) is 2.92. The van der Waals surface area contributed by atoms with E-state index in [2.05, 4.69) is 11.6 Å². The smallest absolute Gasteiger partial charge is 0.361 e. The lowest BCUT2D eigenvalue weighted by molar-refractivity contribution is -0.129. The molecule has 1 N–H and O–H groups in total. The van der Waals surface area contributed by atoms with Gasteiger partial charge in [0.25, 0.3) is 0 Å². The first-order valence-electron chi connectivity index (χ1n) is 2.18. The van der Waals surface area contributed by atoms with Gasteiger partial charge in [0.2, 0.25) is 0 Å². The summed E-state index contributed by atoms with van der Waals surface area (Å²) in [5.74, 6) is -1.01. The van der Waals surface area contributed by atoms with Crippen molar-refractivity contribution in [1.29, 1.82) is 0 Å². The maximum atomic E-state index is 10.1. The number of carboxylic acids is 1. The van der Waals surface area contributed by atoms with Gasteiger partial charge < -0.3 is 5.11 Å². The SMILES string of the molecule is C=CN=C(SC)C(=O)O. The summed E-state index contributed by atoms with van der Waals surface area (Å²) in [4.78, 5) is 13.6. The van der Waals surface area contributed by atoms with Crippen LogP contribution in [0.25, 0.3) is 0 Å². The third-order valence-corrected chi connectivity index (χ3v) is 1.25. The summed E-state index contributed by atoms with van der Waals surface area (Å²) in [5, 5.41) is 8.37. The number of aliphatic carboxylic acids is 1. The standard InChI is InChI=1S/C5H7NO2S/c1-3-6-4(9-2)5(7)8/h3H,1H2,2H3,(H,7,8). The Labute approximate surface area is 57.5 Å². The van der Waals surface area contributed by atoms with E-state index in [-0.39, 0.29) is 5.04 Å². The van der Waals surface area contributed by atoms with Crippen LogP contribution in [0.3, 0.4) is 0 Å². The Morgan fingerprint density at radius 2 is 2.44 bits per heavy atom. The first-order chi connectivity index (χ1) is 4.22. The lowest BCUT2D eigenvalue weighted by Crippen LogP contribution is -2.06. The highest BCUT2D eigenvalue weighted by Gasteiger charge is 2.03. The van der Waals surface area contributed by atoms with Crippen molar-refractivity contribution < 1.29 is 9.90 Å². The number of aliphatic imine (C=N–C) groups is 1. The highest BCUT2D eigenvalue weighted by molar-refractivity contribution is 8.15. The Kier molecular flexibility index (Phi) is 3.79. The van der Waals surface area contributed by atoms with Gasteiger partial charge in [0.15, 0.2) is 5.04 Å². The molecule has 0 radical (unpaired) electrons. The molecular weight excluding hydrogens is 138 g/mol. The molecule has 0 fully saturated rings. The first kappa shape index (κ1) is 8.23. The Morgan fingerprint density at radius 1 is 1.89 bits per heavy atom. The molecule has 0 saturated carbocycles. The van der Waals surface area contributed by atoms with Crippen molar-refractivity contribution in [3.8, 4) is 0 Å². The van der Waals surface area contributed by atoms with Gasteiger partial charge in [0, 0.05) is 6.20 Å². The lowest BCUT2D eigenvalue weighted by Gasteiger charge is -1.89. The van der Waals surface area contributed by atoms with Crippen molar-refractivity contribution in [2.45, 2.75) is 0 Å². The average molecular weight is 145 g/mol. The van der Waals surface area contributed by atoms with Crippen molar-refractivity contribution in [1.82, 2.24) is 0 Å². The van der Waals surface area contributed by atoms with Crippen LogP contribution in [0.2, 0.25) is 0 Å². The summed E-state index contributed by atoms with van der Waals surface area (Å²) in [7, 11) is 0. The minimum atomic E-state index is -1.01. The number of thioether (sulfide) groups is 1. The van der Waals surface area contributed by atoms with Gasteiger partial charge in [0.05, 0.1) is 0 Å². The minimum absolute atomic E-state index is 0.0602. The van der Waals surface area contributed by atoms with Crippen molar-refractivity contribution >= 4 is 22.8 Å². The van der Waals surface area contributed by atoms with Crippen LogP contribution < -0.4 is 0 Å². The zero-order valence-corrected chi connectivity index (χ0v) is 5.81. The Hall–Kier alpha value is -0.770. The molecule has 0 heterocycles. The molecule has 0 aromatic rings. The molecule has 0 aromatic carbocycles. The summed E-state index contributed by atoms with van der Waals surface area (Å²) in [6, 6.07) is 0. The molecule has 0 rings (SSSR count). The van der Waals surface area contributed by atoms with Gasteiger partial charge in [-0.1, -0.05) is 6.58 Å². The predicted molar refractivity (Wildman–Crippen MR) is 38.8 cm³/mol. The quantitative estimate of drug-likeness (QED) is 0.442. The van der Waals surface area contributed by atoms with E-state index in [1.54, 1.807) is 6.26 Å². The molecular formula is C5H7NO2S. The van der Waals surface area contributed by atoms with Crippen LogP contribution in [0.5, 0.6) is 0 Å². The average Bonchev–Trinajstić information content (AvgIpc) is 1.82. The molecule has 0 aliphatic rings. The molecule has 0 amide bonds. The van der Waals surface area contributed by atoms with E-state index in [0.717, 1.165) is 11.8 Å². The van der Waals surface area contributed by atoms with Gasteiger partial charge in [-0.05, 0) is 6.26 Å². The van der Waals surface area contributed by atoms with Crippen LogP contribution in [0.15, 0.2) is 17.8 Å². The van der Waals surface area contributed by atoms with Crippen LogP contribution in [-0.2, 0) is 4.79 Å². The topological polar surface area (TPSA) is 49.7 Å². The van der Waals surface area contributed by atoms with Crippen molar-refractivity contribution in [2.24, 2.45) is 4.99 Å². The molecule has 0 aliphatic heterocycles. The van der Waals surface area contributed by atoms with Crippen molar-refractivity contribution in [3.63, 3.8) is 0 Å². The summed E-state index contributed by atoms with van der Waals surface area (Å²) in [6.07, 6.45) is 2.86. The highest BCUT2D eigenvalue weighted by atomic mass is 32.2. The van der Waals surface area contributed by atoms with Gasteiger partial charge >= 0.3 is 5.97 Å². The fraction of sp³-hybridized carbons (Fsp3) is 0.200. The number of carboxylic acid groups (broad SMARTS) is 1. The van der Waals surface area contributed by atoms with Crippen molar-refractivity contribution in [3.05, 3.63) is 12.8 Å². The third-order valence-electron chi connectivity index (χ3n) is 0.585. The van der Waals surface area contributed by atoms with Crippen molar-refractivity contribution in [2.75, 3.05) is 6.26 Å². The Bertz CT molecular complexity index is 153. The van der Waals surface area contributed by atoms with Crippen LogP contribution in [0, 0.1) is 0 Å². The van der Waals surface area contributed by atoms with Crippen LogP contribution in [-0.4, -0.2) is 22.4 Å². The van der Waals surface area contributed by atoms with E-state index in [1.165, 1.54) is 6.20 Å². The van der Waals surface area contributed by atoms with E-state index in [9.17, 15) is 4.79 Å². The van der Waals surface area contributed by atoms with E-state index >= 15 is 0 Å². The molecule has 0 spiro atoms.